The van der Waals surface area contributed by atoms with Gasteiger partial charge in [0.1, 0.15) is 36.6 Å². The maximum absolute atomic E-state index is 12.2. The molecule has 33 atom stereocenters. The maximum Gasteiger partial charge on any atom is 0.308 e. The minimum absolute atomic E-state index is 0.0130. The van der Waals surface area contributed by atoms with Gasteiger partial charge in [-0.15, -0.1) is 0 Å². The second-order valence-corrected chi connectivity index (χ2v) is 28.2. The first kappa shape index (κ1) is 56.7. The van der Waals surface area contributed by atoms with Crippen LogP contribution in [0.4, 0.5) is 0 Å². The minimum Gasteiger partial charge on any atom is -0.469 e. The first-order valence-electron chi connectivity index (χ1n) is 31.8. The number of esters is 1. The Balaban J connectivity index is 0.535. The van der Waals surface area contributed by atoms with E-state index in [0.717, 1.165) is 56.1 Å². The van der Waals surface area contributed by atoms with Gasteiger partial charge in [0, 0.05) is 70.1 Å². The summed E-state index contributed by atoms with van der Waals surface area (Å²) in [6.07, 6.45) is 4.90. The lowest BCUT2D eigenvalue weighted by Gasteiger charge is -2.54. The highest BCUT2D eigenvalue weighted by Gasteiger charge is 2.70. The quantitative estimate of drug-likeness (QED) is 0.174. The van der Waals surface area contributed by atoms with Crippen molar-refractivity contribution in [2.45, 2.75) is 319 Å². The first-order chi connectivity index (χ1) is 39.4. The second kappa shape index (κ2) is 21.5. The molecule has 458 valence electrons. The van der Waals surface area contributed by atoms with E-state index in [0.29, 0.717) is 64.2 Å². The van der Waals surface area contributed by atoms with Crippen LogP contribution in [-0.4, -0.2) is 211 Å². The molecule has 16 rings (SSSR count). The second-order valence-electron chi connectivity index (χ2n) is 28.2. The fourth-order valence-corrected chi connectivity index (χ4v) is 18.5. The van der Waals surface area contributed by atoms with E-state index >= 15 is 0 Å². The van der Waals surface area contributed by atoms with Gasteiger partial charge in [-0.2, -0.15) is 0 Å². The Morgan fingerprint density at radius 2 is 1.28 bits per heavy atom. The third kappa shape index (κ3) is 9.89. The molecular formula is C62H90O20. The van der Waals surface area contributed by atoms with Crippen LogP contribution >= 0.6 is 0 Å². The van der Waals surface area contributed by atoms with E-state index in [1.165, 1.54) is 7.11 Å². The lowest BCUT2D eigenvalue weighted by Crippen LogP contribution is -2.62. The van der Waals surface area contributed by atoms with Crippen LogP contribution in [0.5, 0.6) is 0 Å². The number of aliphatic hydroxyl groups excluding tert-OH is 3. The number of hydrogen-bond acceptors (Lipinski definition) is 20. The predicted octanol–water partition coefficient (Wildman–Crippen LogP) is 4.94. The van der Waals surface area contributed by atoms with Gasteiger partial charge in [0.2, 0.25) is 0 Å². The van der Waals surface area contributed by atoms with Gasteiger partial charge in [-0.25, -0.2) is 0 Å². The van der Waals surface area contributed by atoms with Gasteiger partial charge in [0.25, 0.3) is 0 Å². The number of ether oxygens (including phenoxy) is 16. The fourth-order valence-electron chi connectivity index (χ4n) is 18.5. The number of hydrogen-bond donors (Lipinski definition) is 3. The van der Waals surface area contributed by atoms with Crippen molar-refractivity contribution >= 4 is 5.97 Å². The largest absolute Gasteiger partial charge is 0.469 e. The summed E-state index contributed by atoms with van der Waals surface area (Å²) in [5.74, 6) is -2.38. The molecule has 3 N–H and O–H groups in total. The minimum atomic E-state index is -0.934. The summed E-state index contributed by atoms with van der Waals surface area (Å²) in [4.78, 5) is 12.2. The average Bonchev–Trinajstić information content (AvgIpc) is 4.30. The lowest BCUT2D eigenvalue weighted by atomic mass is 9.78. The van der Waals surface area contributed by atoms with E-state index in [9.17, 15) is 20.1 Å². The van der Waals surface area contributed by atoms with Crippen molar-refractivity contribution in [3.05, 3.63) is 24.3 Å². The van der Waals surface area contributed by atoms with Crippen LogP contribution < -0.4 is 0 Å². The third-order valence-electron chi connectivity index (χ3n) is 22.6. The van der Waals surface area contributed by atoms with Crippen LogP contribution in [0.3, 0.4) is 0 Å². The molecule has 20 heteroatoms. The van der Waals surface area contributed by atoms with Crippen LogP contribution in [0.25, 0.3) is 0 Å². The highest BCUT2D eigenvalue weighted by Crippen LogP contribution is 2.58. The molecule has 0 radical (unpaired) electrons. The fraction of sp³-hybridized carbons (Fsp3) is 0.919. The van der Waals surface area contributed by atoms with Crippen molar-refractivity contribution in [1.29, 1.82) is 0 Å². The SMILES string of the molecule is C=C1C[C@H](CC[C@@]23C[C@H]4O[C@H]5C(O[C@H]6CC[C@H](CC(=O)OC)O[C@@H]6[C@@H]5O2)[C@H]4O3)O[C@H]1CC[C@H]1C[C@@H](C)C(=C)[C@@H](C[C@@H]2O[C@H]3C[C@H]4O[C@@]5(C[C@@H]6O[C@]7(C[C@H](C)[C@@H]8O[C@@H]9CC(C(O)CO)O[C@@H]9C[C@@H]8O7)C[C@H](C)[C@@H]6O5)C[C@H]4O[C@H]3[C@H](C)[C@H]2O)O1. The van der Waals surface area contributed by atoms with Crippen molar-refractivity contribution in [1.82, 2.24) is 0 Å². The molecule has 16 heterocycles. The Morgan fingerprint density at radius 3 is 2.11 bits per heavy atom. The monoisotopic (exact) mass is 1150 g/mol. The summed E-state index contributed by atoms with van der Waals surface area (Å²) in [5.41, 5.74) is 2.14. The number of carbonyl (C=O) groups is 1. The number of fused-ring (bicyclic) bond motifs is 6. The number of methoxy groups -OCH3 is 1. The predicted molar refractivity (Wildman–Crippen MR) is 285 cm³/mol. The summed E-state index contributed by atoms with van der Waals surface area (Å²) < 4.78 is 107. The van der Waals surface area contributed by atoms with Crippen molar-refractivity contribution in [2.75, 3.05) is 13.7 Å². The molecule has 0 saturated carbocycles. The summed E-state index contributed by atoms with van der Waals surface area (Å²) in [6, 6.07) is 0. The van der Waals surface area contributed by atoms with Crippen molar-refractivity contribution < 1.29 is 95.9 Å². The zero-order valence-corrected chi connectivity index (χ0v) is 48.5. The maximum atomic E-state index is 12.2. The van der Waals surface area contributed by atoms with Gasteiger partial charge in [0.05, 0.1) is 142 Å². The van der Waals surface area contributed by atoms with Gasteiger partial charge in [-0.3, -0.25) is 4.79 Å². The Morgan fingerprint density at radius 1 is 0.585 bits per heavy atom. The van der Waals surface area contributed by atoms with E-state index in [1.54, 1.807) is 0 Å². The van der Waals surface area contributed by atoms with Gasteiger partial charge in [-0.05, 0) is 73.8 Å². The molecule has 6 bridgehead atoms. The molecule has 0 aromatic heterocycles. The van der Waals surface area contributed by atoms with Gasteiger partial charge >= 0.3 is 5.97 Å². The smallest absolute Gasteiger partial charge is 0.308 e. The molecule has 2 spiro atoms. The third-order valence-corrected chi connectivity index (χ3v) is 22.6. The van der Waals surface area contributed by atoms with Crippen molar-refractivity contribution in [3.63, 3.8) is 0 Å². The Labute approximate surface area is 481 Å². The van der Waals surface area contributed by atoms with Gasteiger partial charge in [-0.1, -0.05) is 40.9 Å². The summed E-state index contributed by atoms with van der Waals surface area (Å²) in [5, 5.41) is 31.9. The Kier molecular flexibility index (Phi) is 14.9. The van der Waals surface area contributed by atoms with Gasteiger partial charge < -0.3 is 91.1 Å². The van der Waals surface area contributed by atoms with Crippen molar-refractivity contribution in [3.8, 4) is 0 Å². The highest BCUT2D eigenvalue weighted by atomic mass is 16.8. The Hall–Kier alpha value is -1.77. The van der Waals surface area contributed by atoms with Crippen LogP contribution in [0, 0.1) is 23.7 Å². The zero-order valence-electron chi connectivity index (χ0n) is 48.5. The molecule has 3 unspecified atom stereocenters. The normalized spacial score (nSPS) is 56.4. The summed E-state index contributed by atoms with van der Waals surface area (Å²) in [7, 11) is 1.40. The van der Waals surface area contributed by atoms with Crippen LogP contribution in [0.1, 0.15) is 143 Å². The molecule has 0 aliphatic carbocycles. The number of carbonyl (C=O) groups excluding carboxylic acids is 1. The highest BCUT2D eigenvalue weighted by molar-refractivity contribution is 5.69. The Bertz CT molecular complexity index is 2410. The van der Waals surface area contributed by atoms with Crippen LogP contribution in [-0.2, 0) is 80.6 Å². The van der Waals surface area contributed by atoms with E-state index in [2.05, 4.69) is 40.9 Å². The molecule has 82 heavy (non-hydrogen) atoms. The topological polar surface area (TPSA) is 225 Å². The van der Waals surface area contributed by atoms with E-state index in [1.807, 2.05) is 0 Å². The van der Waals surface area contributed by atoms with Crippen LogP contribution in [0.15, 0.2) is 24.3 Å². The first-order valence-corrected chi connectivity index (χ1v) is 31.8. The standard InChI is InChI=1S/C62H90O20/c1-27-14-33(8-10-37-28(2)15-35(68-37)12-13-60-24-48-56(81-60)57-58(76-48)59(82-60)55-38(73-57)11-9-34(70-55)16-50(65)67-7)69-39(31(27)5)17-44-51(66)32(6)54-45(72-44)20-43-47(75-54)23-62(77-43)25-49-53(80-62)30(4)22-61(79-49)21-29(3)52-46(78-61)19-41-42(74-52)18-40(71-41)36(64)26-63/h27,29-30,32-49,51-59,63-64,66H,2,5,8-26H2,1,3-4,6-7H3/t27-,29+,30+,32-,33+,34-,35+,36?,37+,38+,39-,40?,41-,42-,43-,44+,45+,46+,47-,48-,49+,51-,52+,53+,54+,55+,56+,57?,58+,59+,60+,61-,62+/m1/s1. The molecule has 20 nitrogen and oxygen atoms in total. The summed E-state index contributed by atoms with van der Waals surface area (Å²) >= 11 is 0. The van der Waals surface area contributed by atoms with E-state index in [-0.39, 0.29) is 177 Å². The zero-order chi connectivity index (χ0) is 56.3. The van der Waals surface area contributed by atoms with Crippen molar-refractivity contribution in [2.24, 2.45) is 23.7 Å². The molecule has 0 amide bonds. The molecular weight excluding hydrogens is 1060 g/mol. The molecule has 0 aromatic carbocycles. The average molecular weight is 1160 g/mol. The number of aliphatic hydroxyl groups is 3. The molecule has 16 aliphatic heterocycles. The molecule has 16 fully saturated rings. The number of rotatable bonds is 12. The molecule has 16 aliphatic rings. The molecule has 0 aromatic rings. The lowest BCUT2D eigenvalue weighted by molar-refractivity contribution is -0.369. The van der Waals surface area contributed by atoms with Gasteiger partial charge in [0.15, 0.2) is 17.4 Å². The summed E-state index contributed by atoms with van der Waals surface area (Å²) in [6.45, 7) is 17.4. The van der Waals surface area contributed by atoms with E-state index in [4.69, 9.17) is 75.8 Å². The van der Waals surface area contributed by atoms with E-state index < -0.39 is 41.8 Å². The molecule has 16 saturated heterocycles. The van der Waals surface area contributed by atoms with Crippen LogP contribution in [0.2, 0.25) is 0 Å².